The number of piperazine rings is 1. The highest BCUT2D eigenvalue weighted by Gasteiger charge is 2.31. The van der Waals surface area contributed by atoms with Gasteiger partial charge in [-0.2, -0.15) is 4.31 Å². The number of aromatic nitrogens is 1. The monoisotopic (exact) mass is 359 g/mol. The molecule has 0 unspecified atom stereocenters. The molecule has 0 aliphatic carbocycles. The largest absolute Gasteiger partial charge is 0.335 e. The number of amides is 1. The summed E-state index contributed by atoms with van der Waals surface area (Å²) in [6, 6.07) is 10.6. The van der Waals surface area contributed by atoms with Crippen molar-refractivity contribution in [2.24, 2.45) is 0 Å². The lowest BCUT2D eigenvalue weighted by atomic mass is 10.2. The molecule has 0 spiro atoms. The van der Waals surface area contributed by atoms with Gasteiger partial charge in [-0.3, -0.25) is 9.78 Å². The molecular weight excluding hydrogens is 338 g/mol. The van der Waals surface area contributed by atoms with Gasteiger partial charge in [-0.25, -0.2) is 8.42 Å². The Morgan fingerprint density at radius 3 is 2.40 bits per heavy atom. The molecule has 2 aromatic rings. The third-order valence-corrected chi connectivity index (χ3v) is 6.41. The molecule has 3 rings (SSSR count). The van der Waals surface area contributed by atoms with E-state index in [1.807, 2.05) is 19.1 Å². The SMILES string of the molecule is Cc1ccc(C)c(S(=O)(=O)N2CCN(C(=O)c3ccccn3)CC2)c1. The zero-order valence-corrected chi connectivity index (χ0v) is 15.2. The van der Waals surface area contributed by atoms with Crippen LogP contribution in [0.5, 0.6) is 0 Å². The van der Waals surface area contributed by atoms with Crippen molar-refractivity contribution < 1.29 is 13.2 Å². The van der Waals surface area contributed by atoms with E-state index in [0.29, 0.717) is 23.7 Å². The second-order valence-electron chi connectivity index (χ2n) is 6.18. The Bertz CT molecular complexity index is 874. The molecule has 1 fully saturated rings. The van der Waals surface area contributed by atoms with Gasteiger partial charge in [-0.15, -0.1) is 0 Å². The summed E-state index contributed by atoms with van der Waals surface area (Å²) in [5, 5.41) is 0. The Morgan fingerprint density at radius 1 is 1.04 bits per heavy atom. The van der Waals surface area contributed by atoms with Gasteiger partial charge in [0, 0.05) is 32.4 Å². The Hall–Kier alpha value is -2.25. The second-order valence-corrected chi connectivity index (χ2v) is 8.09. The van der Waals surface area contributed by atoms with Crippen LogP contribution < -0.4 is 0 Å². The molecule has 132 valence electrons. The fraction of sp³-hybridized carbons (Fsp3) is 0.333. The zero-order chi connectivity index (χ0) is 18.0. The van der Waals surface area contributed by atoms with E-state index in [0.717, 1.165) is 11.1 Å². The summed E-state index contributed by atoms with van der Waals surface area (Å²) in [6.07, 6.45) is 1.58. The first-order chi connectivity index (χ1) is 11.9. The molecule has 0 bridgehead atoms. The quantitative estimate of drug-likeness (QED) is 0.838. The van der Waals surface area contributed by atoms with E-state index in [2.05, 4.69) is 4.98 Å². The minimum absolute atomic E-state index is 0.163. The van der Waals surface area contributed by atoms with Gasteiger partial charge in [0.05, 0.1) is 4.90 Å². The molecule has 1 aromatic heterocycles. The van der Waals surface area contributed by atoms with Gasteiger partial charge < -0.3 is 4.90 Å². The lowest BCUT2D eigenvalue weighted by Crippen LogP contribution is -2.50. The first-order valence-corrected chi connectivity index (χ1v) is 9.61. The number of sulfonamides is 1. The summed E-state index contributed by atoms with van der Waals surface area (Å²) in [7, 11) is -3.55. The van der Waals surface area contributed by atoms with Gasteiger partial charge in [0.25, 0.3) is 5.91 Å². The number of benzene rings is 1. The highest BCUT2D eigenvalue weighted by molar-refractivity contribution is 7.89. The first kappa shape index (κ1) is 17.6. The molecule has 1 aliphatic rings. The molecule has 0 saturated carbocycles. The molecule has 1 aromatic carbocycles. The summed E-state index contributed by atoms with van der Waals surface area (Å²) < 4.78 is 27.3. The van der Waals surface area contributed by atoms with Gasteiger partial charge >= 0.3 is 0 Å². The third-order valence-electron chi connectivity index (χ3n) is 4.37. The normalized spacial score (nSPS) is 16.0. The fourth-order valence-electron chi connectivity index (χ4n) is 2.91. The van der Waals surface area contributed by atoms with Gasteiger partial charge in [-0.05, 0) is 43.2 Å². The van der Waals surface area contributed by atoms with Crippen molar-refractivity contribution in [2.45, 2.75) is 18.7 Å². The van der Waals surface area contributed by atoms with Crippen LogP contribution >= 0.6 is 0 Å². The first-order valence-electron chi connectivity index (χ1n) is 8.17. The van der Waals surface area contributed by atoms with Crippen molar-refractivity contribution in [3.63, 3.8) is 0 Å². The van der Waals surface area contributed by atoms with E-state index in [9.17, 15) is 13.2 Å². The number of aryl methyl sites for hydroxylation is 2. The molecule has 1 aliphatic heterocycles. The van der Waals surface area contributed by atoms with Gasteiger partial charge in [0.1, 0.15) is 5.69 Å². The Labute approximate surface area is 148 Å². The lowest BCUT2D eigenvalue weighted by Gasteiger charge is -2.34. The van der Waals surface area contributed by atoms with Crippen LogP contribution in [0.1, 0.15) is 21.6 Å². The van der Waals surface area contributed by atoms with Crippen LogP contribution in [0.15, 0.2) is 47.5 Å². The van der Waals surface area contributed by atoms with E-state index in [-0.39, 0.29) is 19.0 Å². The van der Waals surface area contributed by atoms with Crippen LogP contribution in [-0.4, -0.2) is 54.7 Å². The fourth-order valence-corrected chi connectivity index (χ4v) is 4.64. The molecule has 0 radical (unpaired) electrons. The molecule has 1 saturated heterocycles. The summed E-state index contributed by atoms with van der Waals surface area (Å²) in [5.41, 5.74) is 2.03. The number of carbonyl (C=O) groups is 1. The number of hydrogen-bond acceptors (Lipinski definition) is 4. The summed E-state index contributed by atoms with van der Waals surface area (Å²) in [6.45, 7) is 4.97. The smallest absolute Gasteiger partial charge is 0.272 e. The number of nitrogens with zero attached hydrogens (tertiary/aromatic N) is 3. The van der Waals surface area contributed by atoms with Crippen LogP contribution in [0.2, 0.25) is 0 Å². The maximum Gasteiger partial charge on any atom is 0.272 e. The maximum atomic E-state index is 12.9. The highest BCUT2D eigenvalue weighted by atomic mass is 32.2. The lowest BCUT2D eigenvalue weighted by molar-refractivity contribution is 0.0692. The van der Waals surface area contributed by atoms with Crippen LogP contribution in [0.25, 0.3) is 0 Å². The van der Waals surface area contributed by atoms with E-state index < -0.39 is 10.0 Å². The van der Waals surface area contributed by atoms with E-state index >= 15 is 0 Å². The van der Waals surface area contributed by atoms with Crippen molar-refractivity contribution in [3.05, 3.63) is 59.4 Å². The topological polar surface area (TPSA) is 70.6 Å². The number of rotatable bonds is 3. The van der Waals surface area contributed by atoms with E-state index in [1.54, 1.807) is 42.3 Å². The summed E-state index contributed by atoms with van der Waals surface area (Å²) in [4.78, 5) is 18.5. The van der Waals surface area contributed by atoms with E-state index in [1.165, 1.54) is 4.31 Å². The summed E-state index contributed by atoms with van der Waals surface area (Å²) >= 11 is 0. The summed E-state index contributed by atoms with van der Waals surface area (Å²) in [5.74, 6) is -0.163. The zero-order valence-electron chi connectivity index (χ0n) is 14.3. The molecule has 7 heteroatoms. The average Bonchev–Trinajstić information content (AvgIpc) is 2.64. The van der Waals surface area contributed by atoms with Crippen LogP contribution in [-0.2, 0) is 10.0 Å². The van der Waals surface area contributed by atoms with Crippen molar-refractivity contribution in [1.82, 2.24) is 14.2 Å². The van der Waals surface area contributed by atoms with E-state index in [4.69, 9.17) is 0 Å². The molecule has 6 nitrogen and oxygen atoms in total. The molecule has 0 N–H and O–H groups in total. The predicted molar refractivity (Wildman–Crippen MR) is 94.8 cm³/mol. The Kier molecular flexibility index (Phi) is 4.87. The average molecular weight is 359 g/mol. The van der Waals surface area contributed by atoms with Crippen LogP contribution in [0, 0.1) is 13.8 Å². The van der Waals surface area contributed by atoms with Crippen molar-refractivity contribution in [2.75, 3.05) is 26.2 Å². The minimum atomic E-state index is -3.55. The number of pyridine rings is 1. The van der Waals surface area contributed by atoms with Gasteiger partial charge in [0.2, 0.25) is 10.0 Å². The molecule has 25 heavy (non-hydrogen) atoms. The van der Waals surface area contributed by atoms with Crippen LogP contribution in [0.3, 0.4) is 0 Å². The van der Waals surface area contributed by atoms with Crippen molar-refractivity contribution in [3.8, 4) is 0 Å². The molecule has 2 heterocycles. The van der Waals surface area contributed by atoms with Crippen LogP contribution in [0.4, 0.5) is 0 Å². The third kappa shape index (κ3) is 3.57. The molecular formula is C18H21N3O3S. The number of carbonyl (C=O) groups excluding carboxylic acids is 1. The predicted octanol–water partition coefficient (Wildman–Crippen LogP) is 1.85. The standard InChI is InChI=1S/C18H21N3O3S/c1-14-6-7-15(2)17(13-14)25(23,24)21-11-9-20(10-12-21)18(22)16-5-3-4-8-19-16/h3-8,13H,9-12H2,1-2H3. The second kappa shape index (κ2) is 6.93. The van der Waals surface area contributed by atoms with Gasteiger partial charge in [0.15, 0.2) is 0 Å². The molecule has 1 amide bonds. The number of hydrogen-bond donors (Lipinski definition) is 0. The maximum absolute atomic E-state index is 12.9. The Morgan fingerprint density at radius 2 is 1.76 bits per heavy atom. The highest BCUT2D eigenvalue weighted by Crippen LogP contribution is 2.22. The Balaban J connectivity index is 1.73. The minimum Gasteiger partial charge on any atom is -0.335 e. The van der Waals surface area contributed by atoms with Crippen molar-refractivity contribution in [1.29, 1.82) is 0 Å². The van der Waals surface area contributed by atoms with Crippen molar-refractivity contribution >= 4 is 15.9 Å². The molecule has 0 atom stereocenters. The van der Waals surface area contributed by atoms with Gasteiger partial charge in [-0.1, -0.05) is 18.2 Å².